The van der Waals surface area contributed by atoms with Crippen LogP contribution in [0.15, 0.2) is 30.3 Å². The van der Waals surface area contributed by atoms with E-state index in [1.54, 1.807) is 18.2 Å². The highest BCUT2D eigenvalue weighted by atomic mass is 35.5. The molecule has 0 radical (unpaired) electrons. The molecule has 2 aromatic rings. The summed E-state index contributed by atoms with van der Waals surface area (Å²) >= 11 is 7.07. The molecule has 12 heteroatoms. The maximum Gasteiger partial charge on any atom is 0.414 e. The third kappa shape index (κ3) is 6.72. The Labute approximate surface area is 224 Å². The van der Waals surface area contributed by atoms with Crippen LogP contribution in [-0.4, -0.2) is 62.1 Å². The van der Waals surface area contributed by atoms with Crippen LogP contribution in [0.2, 0.25) is 4.34 Å². The van der Waals surface area contributed by atoms with Crippen molar-refractivity contribution in [2.45, 2.75) is 45.3 Å². The summed E-state index contributed by atoms with van der Waals surface area (Å²) < 4.78 is 5.99. The topological polar surface area (TPSA) is 120 Å². The number of hydrogen-bond acceptors (Lipinski definition) is 7. The second kappa shape index (κ2) is 11.8. The first-order valence-corrected chi connectivity index (χ1v) is 13.4. The molecule has 2 fully saturated rings. The molecule has 0 bridgehead atoms. The summed E-state index contributed by atoms with van der Waals surface area (Å²) in [6, 6.07) is 8.78. The Morgan fingerprint density at radius 3 is 2.70 bits per heavy atom. The Bertz CT molecular complexity index is 1190. The summed E-state index contributed by atoms with van der Waals surface area (Å²) in [7, 11) is 0. The third-order valence-electron chi connectivity index (χ3n) is 6.14. The molecule has 2 saturated heterocycles. The van der Waals surface area contributed by atoms with Crippen LogP contribution >= 0.6 is 22.9 Å². The van der Waals surface area contributed by atoms with Gasteiger partial charge in [0.25, 0.3) is 5.91 Å². The number of carbonyl (C=O) groups excluding carboxylic acids is 4. The summed E-state index contributed by atoms with van der Waals surface area (Å²) in [4.78, 5) is 53.0. The first kappa shape index (κ1) is 26.7. The fourth-order valence-corrected chi connectivity index (χ4v) is 5.42. The fraction of sp³-hybridized carbons (Fsp3) is 0.440. The van der Waals surface area contributed by atoms with Gasteiger partial charge in [-0.2, -0.15) is 0 Å². The van der Waals surface area contributed by atoms with E-state index in [2.05, 4.69) is 20.9 Å². The lowest BCUT2D eigenvalue weighted by Crippen LogP contribution is -2.35. The van der Waals surface area contributed by atoms with Gasteiger partial charge < -0.3 is 25.6 Å². The van der Waals surface area contributed by atoms with Gasteiger partial charge in [0.15, 0.2) is 0 Å². The van der Waals surface area contributed by atoms with Crippen LogP contribution in [0.4, 0.5) is 21.9 Å². The van der Waals surface area contributed by atoms with Crippen LogP contribution in [0.25, 0.3) is 0 Å². The zero-order valence-corrected chi connectivity index (χ0v) is 22.3. The summed E-state index contributed by atoms with van der Waals surface area (Å²) in [5.41, 5.74) is 2.00. The molecule has 37 heavy (non-hydrogen) atoms. The molecule has 2 aliphatic heterocycles. The Hall–Kier alpha value is -3.31. The minimum absolute atomic E-state index is 0.0334. The van der Waals surface area contributed by atoms with E-state index >= 15 is 0 Å². The van der Waals surface area contributed by atoms with Gasteiger partial charge in [-0.05, 0) is 43.2 Å². The molecular formula is C25H30ClN5O5S. The average molecular weight is 548 g/mol. The Morgan fingerprint density at radius 2 is 2.00 bits per heavy atom. The van der Waals surface area contributed by atoms with Gasteiger partial charge in [-0.15, -0.1) is 11.3 Å². The molecule has 1 aromatic carbocycles. The lowest BCUT2D eigenvalue weighted by atomic mass is 10.2. The van der Waals surface area contributed by atoms with Crippen molar-refractivity contribution in [2.24, 2.45) is 0 Å². The average Bonchev–Trinajstić information content (AvgIpc) is 3.57. The number of nitrogens with one attached hydrogen (secondary N) is 3. The molecule has 0 spiro atoms. The summed E-state index contributed by atoms with van der Waals surface area (Å²) in [6.07, 6.45) is 0.832. The largest absolute Gasteiger partial charge is 0.442 e. The van der Waals surface area contributed by atoms with Crippen LogP contribution in [0.3, 0.4) is 0 Å². The second-order valence-corrected chi connectivity index (χ2v) is 10.8. The van der Waals surface area contributed by atoms with Gasteiger partial charge in [0.1, 0.15) is 6.10 Å². The number of nitrogens with zero attached hydrogens (tertiary/aromatic N) is 2. The van der Waals surface area contributed by atoms with Gasteiger partial charge in [-0.3, -0.25) is 19.3 Å². The summed E-state index contributed by atoms with van der Waals surface area (Å²) in [6.45, 7) is 5.19. The maximum absolute atomic E-state index is 12.7. The van der Waals surface area contributed by atoms with E-state index in [4.69, 9.17) is 16.3 Å². The van der Waals surface area contributed by atoms with E-state index in [0.29, 0.717) is 40.0 Å². The van der Waals surface area contributed by atoms with Crippen molar-refractivity contribution < 1.29 is 23.9 Å². The normalized spacial score (nSPS) is 19.1. The van der Waals surface area contributed by atoms with Crippen LogP contribution in [0.5, 0.6) is 0 Å². The number of anilines is 3. The number of hydrogen-bond donors (Lipinski definition) is 3. The molecule has 3 heterocycles. The second-order valence-electron chi connectivity index (χ2n) is 9.06. The zero-order valence-electron chi connectivity index (χ0n) is 20.7. The Balaban J connectivity index is 1.46. The highest BCUT2D eigenvalue weighted by Crippen LogP contribution is 2.34. The van der Waals surface area contributed by atoms with Gasteiger partial charge in [0.2, 0.25) is 11.8 Å². The standard InChI is InChI=1S/C25H30ClN5O5S/c1-3-4-23(33)29-19-11-17(5-6-20(19)30-10-9-16(13-30)28-15(2)32)31-14-18(36-25(31)35)12-27-24(34)21-7-8-22(26)37-21/h5-8,11,16,18H,3-4,9-10,12-14H2,1-2H3,(H,27,34)(H,28,32)(H,29,33). The molecule has 2 atom stereocenters. The molecule has 0 aliphatic carbocycles. The number of carbonyl (C=O) groups is 4. The quantitative estimate of drug-likeness (QED) is 0.441. The van der Waals surface area contributed by atoms with Crippen molar-refractivity contribution in [2.75, 3.05) is 41.3 Å². The van der Waals surface area contributed by atoms with E-state index < -0.39 is 12.2 Å². The van der Waals surface area contributed by atoms with Gasteiger partial charge >= 0.3 is 6.09 Å². The molecule has 3 N–H and O–H groups in total. The van der Waals surface area contributed by atoms with Gasteiger partial charge in [-0.25, -0.2) is 4.79 Å². The first-order valence-electron chi connectivity index (χ1n) is 12.2. The van der Waals surface area contributed by atoms with E-state index in [-0.39, 0.29) is 36.9 Å². The number of cyclic esters (lactones) is 1. The van der Waals surface area contributed by atoms with Gasteiger partial charge in [0, 0.05) is 38.2 Å². The first-order chi connectivity index (χ1) is 17.7. The summed E-state index contributed by atoms with van der Waals surface area (Å²) in [5, 5.41) is 8.71. The number of rotatable bonds is 9. The molecule has 0 saturated carbocycles. The van der Waals surface area contributed by atoms with E-state index in [1.165, 1.54) is 23.2 Å². The Kier molecular flexibility index (Phi) is 8.55. The highest BCUT2D eigenvalue weighted by Gasteiger charge is 2.34. The highest BCUT2D eigenvalue weighted by molar-refractivity contribution is 7.18. The van der Waals surface area contributed by atoms with Crippen molar-refractivity contribution in [3.63, 3.8) is 0 Å². The van der Waals surface area contributed by atoms with Crippen molar-refractivity contribution in [1.29, 1.82) is 0 Å². The molecule has 2 unspecified atom stereocenters. The Morgan fingerprint density at radius 1 is 1.19 bits per heavy atom. The van der Waals surface area contributed by atoms with Crippen LogP contribution in [-0.2, 0) is 14.3 Å². The van der Waals surface area contributed by atoms with Crippen molar-refractivity contribution in [3.8, 4) is 0 Å². The SMILES string of the molecule is CCCC(=O)Nc1cc(N2CC(CNC(=O)c3ccc(Cl)s3)OC2=O)ccc1N1CCC(NC(C)=O)C1. The van der Waals surface area contributed by atoms with Gasteiger partial charge in [-0.1, -0.05) is 18.5 Å². The lowest BCUT2D eigenvalue weighted by Gasteiger charge is -2.24. The third-order valence-corrected chi connectivity index (χ3v) is 7.37. The van der Waals surface area contributed by atoms with Crippen molar-refractivity contribution in [1.82, 2.24) is 10.6 Å². The fourth-order valence-electron chi connectivity index (χ4n) is 4.46. The van der Waals surface area contributed by atoms with E-state index in [0.717, 1.165) is 18.7 Å². The zero-order chi connectivity index (χ0) is 26.5. The maximum atomic E-state index is 12.7. The number of amides is 4. The predicted octanol–water partition coefficient (Wildman–Crippen LogP) is 3.61. The number of halogens is 1. The van der Waals surface area contributed by atoms with E-state index in [9.17, 15) is 19.2 Å². The molecule has 4 amide bonds. The molecule has 10 nitrogen and oxygen atoms in total. The summed E-state index contributed by atoms with van der Waals surface area (Å²) in [5.74, 6) is -0.465. The molecular weight excluding hydrogens is 518 g/mol. The van der Waals surface area contributed by atoms with Crippen molar-refractivity contribution >= 4 is 63.8 Å². The van der Waals surface area contributed by atoms with Gasteiger partial charge in [0.05, 0.1) is 33.7 Å². The van der Waals surface area contributed by atoms with Crippen LogP contribution in [0, 0.1) is 0 Å². The van der Waals surface area contributed by atoms with Crippen LogP contribution < -0.4 is 25.8 Å². The molecule has 2 aliphatic rings. The lowest BCUT2D eigenvalue weighted by molar-refractivity contribution is -0.119. The molecule has 4 rings (SSSR count). The minimum atomic E-state index is -0.526. The van der Waals surface area contributed by atoms with Crippen LogP contribution in [0.1, 0.15) is 42.8 Å². The number of ether oxygens (including phenoxy) is 1. The number of thiophene rings is 1. The number of benzene rings is 1. The smallest absolute Gasteiger partial charge is 0.414 e. The minimum Gasteiger partial charge on any atom is -0.442 e. The monoisotopic (exact) mass is 547 g/mol. The molecule has 198 valence electrons. The van der Waals surface area contributed by atoms with E-state index in [1.807, 2.05) is 19.1 Å². The van der Waals surface area contributed by atoms with Crippen molar-refractivity contribution in [3.05, 3.63) is 39.5 Å². The predicted molar refractivity (Wildman–Crippen MR) is 144 cm³/mol. The molecule has 1 aromatic heterocycles.